The van der Waals surface area contributed by atoms with E-state index in [1.54, 1.807) is 0 Å². The summed E-state index contributed by atoms with van der Waals surface area (Å²) in [5.74, 6) is 0.0732. The first-order valence-corrected chi connectivity index (χ1v) is 11.2. The van der Waals surface area contributed by atoms with Gasteiger partial charge in [0.05, 0.1) is 13.2 Å². The molecule has 2 heterocycles. The van der Waals surface area contributed by atoms with E-state index in [1.165, 1.54) is 23.1 Å². The lowest BCUT2D eigenvalue weighted by molar-refractivity contribution is -0.134. The van der Waals surface area contributed by atoms with Crippen LogP contribution in [0.2, 0.25) is 5.02 Å². The third-order valence-electron chi connectivity index (χ3n) is 4.35. The molecular weight excluding hydrogens is 428 g/mol. The van der Waals surface area contributed by atoms with Gasteiger partial charge in [0, 0.05) is 23.8 Å². The van der Waals surface area contributed by atoms with Crippen LogP contribution in [0, 0.1) is 0 Å². The highest BCUT2D eigenvalue weighted by Gasteiger charge is 2.29. The number of carbonyl (C=O) groups is 1. The summed E-state index contributed by atoms with van der Waals surface area (Å²) >= 11 is 8.87. The smallest absolute Gasteiger partial charge is 0.240 e. The van der Waals surface area contributed by atoms with Crippen molar-refractivity contribution in [3.05, 3.63) is 65.2 Å². The Hall–Kier alpha value is -2.13. The number of halogens is 1. The topological polar surface area (TPSA) is 67.4 Å². The number of morpholine rings is 1. The zero-order valence-electron chi connectivity index (χ0n) is 15.5. The van der Waals surface area contributed by atoms with E-state index in [4.69, 9.17) is 16.3 Å². The lowest BCUT2D eigenvalue weighted by Crippen LogP contribution is -2.42. The average molecular weight is 447 g/mol. The molecule has 29 heavy (non-hydrogen) atoms. The van der Waals surface area contributed by atoms with E-state index in [0.29, 0.717) is 36.5 Å². The Labute approximate surface area is 182 Å². The van der Waals surface area contributed by atoms with Crippen molar-refractivity contribution in [3.63, 3.8) is 0 Å². The Morgan fingerprint density at radius 3 is 2.69 bits per heavy atom. The summed E-state index contributed by atoms with van der Waals surface area (Å²) in [7, 11) is 0. The van der Waals surface area contributed by atoms with Gasteiger partial charge in [-0.15, -0.1) is 10.2 Å². The molecule has 3 aromatic rings. The van der Waals surface area contributed by atoms with Gasteiger partial charge in [-0.2, -0.15) is 0 Å². The van der Waals surface area contributed by atoms with Gasteiger partial charge in [0.15, 0.2) is 4.34 Å². The molecule has 1 N–H and O–H groups in total. The van der Waals surface area contributed by atoms with Gasteiger partial charge in [-0.05, 0) is 23.8 Å². The zero-order chi connectivity index (χ0) is 20.1. The maximum Gasteiger partial charge on any atom is 0.240 e. The average Bonchev–Trinajstić information content (AvgIpc) is 3.20. The SMILES string of the molecule is O=C(C(Sc1nnc(Nc2cccc(Cl)c2)s1)c1ccccc1)N1CCOCC1. The van der Waals surface area contributed by atoms with Crippen molar-refractivity contribution in [3.8, 4) is 0 Å². The molecule has 0 aliphatic carbocycles. The fraction of sp³-hybridized carbons (Fsp3) is 0.250. The van der Waals surface area contributed by atoms with E-state index in [1.807, 2.05) is 59.5 Å². The van der Waals surface area contributed by atoms with E-state index in [-0.39, 0.29) is 11.2 Å². The second kappa shape index (κ2) is 9.58. The van der Waals surface area contributed by atoms with Gasteiger partial charge in [0.2, 0.25) is 11.0 Å². The van der Waals surface area contributed by atoms with E-state index in [0.717, 1.165) is 15.6 Å². The summed E-state index contributed by atoms with van der Waals surface area (Å²) in [6, 6.07) is 17.2. The molecule has 4 rings (SSSR count). The fourth-order valence-electron chi connectivity index (χ4n) is 2.94. The van der Waals surface area contributed by atoms with Crippen LogP contribution in [0.3, 0.4) is 0 Å². The molecule has 9 heteroatoms. The summed E-state index contributed by atoms with van der Waals surface area (Å²) in [5, 5.41) is 12.6. The molecule has 6 nitrogen and oxygen atoms in total. The van der Waals surface area contributed by atoms with Crippen LogP contribution in [0.5, 0.6) is 0 Å². The molecule has 1 amide bonds. The third-order valence-corrected chi connectivity index (χ3v) is 6.75. The molecule has 1 aliphatic heterocycles. The van der Waals surface area contributed by atoms with Crippen LogP contribution in [0.4, 0.5) is 10.8 Å². The van der Waals surface area contributed by atoms with E-state index >= 15 is 0 Å². The van der Waals surface area contributed by atoms with Crippen molar-refractivity contribution >= 4 is 51.4 Å². The van der Waals surface area contributed by atoms with Crippen molar-refractivity contribution in [1.82, 2.24) is 15.1 Å². The predicted octanol–water partition coefficient (Wildman–Crippen LogP) is 4.63. The minimum Gasteiger partial charge on any atom is -0.378 e. The Bertz CT molecular complexity index is 964. The van der Waals surface area contributed by atoms with Crippen molar-refractivity contribution in [1.29, 1.82) is 0 Å². The number of benzene rings is 2. The first-order valence-electron chi connectivity index (χ1n) is 9.13. The highest BCUT2D eigenvalue weighted by Crippen LogP contribution is 2.39. The zero-order valence-corrected chi connectivity index (χ0v) is 17.8. The molecular formula is C20H19ClN4O2S2. The number of carbonyl (C=O) groups excluding carboxylic acids is 1. The Balaban J connectivity index is 1.52. The minimum atomic E-state index is -0.374. The number of hydrogen-bond donors (Lipinski definition) is 1. The molecule has 1 saturated heterocycles. The fourth-order valence-corrected chi connectivity index (χ4v) is 5.18. The molecule has 1 aromatic heterocycles. The van der Waals surface area contributed by atoms with Crippen LogP contribution in [0.15, 0.2) is 58.9 Å². The van der Waals surface area contributed by atoms with Gasteiger partial charge >= 0.3 is 0 Å². The van der Waals surface area contributed by atoms with Gasteiger partial charge in [-0.1, -0.05) is 71.1 Å². The number of aromatic nitrogens is 2. The van der Waals surface area contributed by atoms with E-state index in [9.17, 15) is 4.79 Å². The predicted molar refractivity (Wildman–Crippen MR) is 117 cm³/mol. The monoisotopic (exact) mass is 446 g/mol. The molecule has 1 unspecified atom stereocenters. The maximum atomic E-state index is 13.2. The maximum absolute atomic E-state index is 13.2. The van der Waals surface area contributed by atoms with E-state index in [2.05, 4.69) is 15.5 Å². The number of nitrogens with zero attached hydrogens (tertiary/aromatic N) is 3. The standard InChI is InChI=1S/C20H19ClN4O2S2/c21-15-7-4-8-16(13-15)22-19-23-24-20(29-19)28-17(14-5-2-1-3-6-14)18(26)25-9-11-27-12-10-25/h1-8,13,17H,9-12H2,(H,22,23). The van der Waals surface area contributed by atoms with Gasteiger partial charge in [-0.25, -0.2) is 0 Å². The van der Waals surface area contributed by atoms with Crippen molar-refractivity contribution in [2.45, 2.75) is 9.59 Å². The minimum absolute atomic E-state index is 0.0732. The van der Waals surface area contributed by atoms with E-state index < -0.39 is 0 Å². The van der Waals surface area contributed by atoms with Gasteiger partial charge in [-0.3, -0.25) is 4.79 Å². The molecule has 1 fully saturated rings. The molecule has 0 bridgehead atoms. The summed E-state index contributed by atoms with van der Waals surface area (Å²) in [5.41, 5.74) is 1.79. The summed E-state index contributed by atoms with van der Waals surface area (Å²) < 4.78 is 6.11. The van der Waals surface area contributed by atoms with Gasteiger partial charge in [0.25, 0.3) is 0 Å². The second-order valence-corrected chi connectivity index (χ2v) is 9.12. The largest absolute Gasteiger partial charge is 0.378 e. The number of hydrogen-bond acceptors (Lipinski definition) is 7. The molecule has 0 saturated carbocycles. The number of rotatable bonds is 6. The molecule has 2 aromatic carbocycles. The number of ether oxygens (including phenoxy) is 1. The molecule has 1 aliphatic rings. The lowest BCUT2D eigenvalue weighted by Gasteiger charge is -2.30. The normalized spacial score (nSPS) is 15.1. The van der Waals surface area contributed by atoms with Crippen LogP contribution in [-0.2, 0) is 9.53 Å². The quantitative estimate of drug-likeness (QED) is 0.557. The number of anilines is 2. The van der Waals surface area contributed by atoms with Crippen LogP contribution < -0.4 is 5.32 Å². The first-order chi connectivity index (χ1) is 14.2. The van der Waals surface area contributed by atoms with Crippen LogP contribution in [0.1, 0.15) is 10.8 Å². The van der Waals surface area contributed by atoms with Crippen LogP contribution in [0.25, 0.3) is 0 Å². The van der Waals surface area contributed by atoms with Crippen molar-refractivity contribution < 1.29 is 9.53 Å². The molecule has 150 valence electrons. The summed E-state index contributed by atoms with van der Waals surface area (Å²) in [4.78, 5) is 15.1. The molecule has 0 radical (unpaired) electrons. The Kier molecular flexibility index (Phi) is 6.66. The van der Waals surface area contributed by atoms with Gasteiger partial charge < -0.3 is 15.0 Å². The van der Waals surface area contributed by atoms with Crippen molar-refractivity contribution in [2.24, 2.45) is 0 Å². The number of thioether (sulfide) groups is 1. The Morgan fingerprint density at radius 2 is 1.93 bits per heavy atom. The second-order valence-electron chi connectivity index (χ2n) is 6.35. The summed E-state index contributed by atoms with van der Waals surface area (Å²) in [6.45, 7) is 2.37. The number of nitrogens with one attached hydrogen (secondary N) is 1. The van der Waals surface area contributed by atoms with Crippen LogP contribution in [-0.4, -0.2) is 47.3 Å². The molecule has 1 atom stereocenters. The highest BCUT2D eigenvalue weighted by atomic mass is 35.5. The van der Waals surface area contributed by atoms with Gasteiger partial charge in [0.1, 0.15) is 5.25 Å². The lowest BCUT2D eigenvalue weighted by atomic mass is 10.1. The first kappa shape index (κ1) is 20.2. The highest BCUT2D eigenvalue weighted by molar-refractivity contribution is 8.01. The van der Waals surface area contributed by atoms with Crippen LogP contribution >= 0.6 is 34.7 Å². The molecule has 0 spiro atoms. The number of amides is 1. The van der Waals surface area contributed by atoms with Crippen molar-refractivity contribution in [2.75, 3.05) is 31.6 Å². The summed E-state index contributed by atoms with van der Waals surface area (Å²) in [6.07, 6.45) is 0. The third kappa shape index (κ3) is 5.27. The Morgan fingerprint density at radius 1 is 1.14 bits per heavy atom.